The molecule has 2 rings (SSSR count). The van der Waals surface area contributed by atoms with E-state index in [9.17, 15) is 14.4 Å². The van der Waals surface area contributed by atoms with Gasteiger partial charge in [-0.15, -0.1) is 23.1 Å². The highest BCUT2D eigenvalue weighted by Crippen LogP contribution is 2.19. The molecule has 0 bridgehead atoms. The van der Waals surface area contributed by atoms with Gasteiger partial charge in [0.1, 0.15) is 5.03 Å². The number of carbonyl (C=O) groups excluding carboxylic acids is 3. The number of ketones is 1. The number of hydrogen-bond acceptors (Lipinski definition) is 7. The van der Waals surface area contributed by atoms with Crippen LogP contribution < -0.4 is 5.32 Å². The number of ether oxygens (including phenoxy) is 1. The molecule has 8 heteroatoms. The maximum atomic E-state index is 12.1. The van der Waals surface area contributed by atoms with Crippen LogP contribution in [0.4, 0.5) is 0 Å². The molecular formula is C16H16N2O4S2. The molecule has 6 nitrogen and oxygen atoms in total. The molecule has 0 fully saturated rings. The van der Waals surface area contributed by atoms with E-state index in [4.69, 9.17) is 4.74 Å². The number of pyridine rings is 1. The second-order valence-electron chi connectivity index (χ2n) is 4.74. The van der Waals surface area contributed by atoms with Crippen molar-refractivity contribution in [3.8, 4) is 0 Å². The first kappa shape index (κ1) is 18.2. The van der Waals surface area contributed by atoms with Gasteiger partial charge in [-0.3, -0.25) is 9.59 Å². The standard InChI is InChI=1S/C16H16N2O4S2/c1-10(19)18-8-11-5-6-14(24-11)13(20)9-22-16(21)12-4-3-7-17-15(12)23-2/h3-7H,8-9H2,1-2H3,(H,18,19). The Kier molecular flexibility index (Phi) is 6.51. The zero-order valence-electron chi connectivity index (χ0n) is 13.2. The summed E-state index contributed by atoms with van der Waals surface area (Å²) < 4.78 is 5.09. The van der Waals surface area contributed by atoms with Crippen molar-refractivity contribution in [2.75, 3.05) is 12.9 Å². The van der Waals surface area contributed by atoms with Crippen LogP contribution in [0.25, 0.3) is 0 Å². The van der Waals surface area contributed by atoms with Gasteiger partial charge in [0.05, 0.1) is 17.0 Å². The van der Waals surface area contributed by atoms with Gasteiger partial charge in [0.2, 0.25) is 11.7 Å². The van der Waals surface area contributed by atoms with Gasteiger partial charge in [0, 0.05) is 18.0 Å². The minimum atomic E-state index is -0.573. The fourth-order valence-electron chi connectivity index (χ4n) is 1.82. The average molecular weight is 364 g/mol. The fraction of sp³-hybridized carbons (Fsp3) is 0.250. The first-order valence-corrected chi connectivity index (χ1v) is 9.08. The molecule has 24 heavy (non-hydrogen) atoms. The Morgan fingerprint density at radius 1 is 1.29 bits per heavy atom. The molecule has 2 aromatic rings. The Labute approximate surface area is 147 Å². The van der Waals surface area contributed by atoms with Crippen molar-refractivity contribution < 1.29 is 19.1 Å². The van der Waals surface area contributed by atoms with Crippen LogP contribution >= 0.6 is 23.1 Å². The lowest BCUT2D eigenvalue weighted by atomic mass is 10.3. The lowest BCUT2D eigenvalue weighted by molar-refractivity contribution is -0.119. The number of thioether (sulfide) groups is 1. The summed E-state index contributed by atoms with van der Waals surface area (Å²) in [6, 6.07) is 6.69. The Morgan fingerprint density at radius 2 is 2.08 bits per heavy atom. The van der Waals surface area contributed by atoms with E-state index in [1.54, 1.807) is 30.5 Å². The highest BCUT2D eigenvalue weighted by atomic mass is 32.2. The first-order chi connectivity index (χ1) is 11.5. The van der Waals surface area contributed by atoms with Crippen LogP contribution in [0, 0.1) is 0 Å². The van der Waals surface area contributed by atoms with Crippen molar-refractivity contribution in [3.63, 3.8) is 0 Å². The predicted octanol–water partition coefficient (Wildman–Crippen LogP) is 2.54. The summed E-state index contributed by atoms with van der Waals surface area (Å²) >= 11 is 2.60. The summed E-state index contributed by atoms with van der Waals surface area (Å²) in [6.45, 7) is 1.47. The average Bonchev–Trinajstić information content (AvgIpc) is 3.06. The van der Waals surface area contributed by atoms with Crippen molar-refractivity contribution in [1.29, 1.82) is 0 Å². The highest BCUT2D eigenvalue weighted by molar-refractivity contribution is 7.98. The van der Waals surface area contributed by atoms with Crippen LogP contribution in [0.1, 0.15) is 31.8 Å². The minimum Gasteiger partial charge on any atom is -0.454 e. The number of rotatable bonds is 7. The maximum absolute atomic E-state index is 12.1. The lowest BCUT2D eigenvalue weighted by Crippen LogP contribution is -2.18. The van der Waals surface area contributed by atoms with Crippen LogP contribution in [-0.4, -0.2) is 35.5 Å². The molecule has 0 atom stereocenters. The summed E-state index contributed by atoms with van der Waals surface area (Å²) in [4.78, 5) is 40.5. The van der Waals surface area contributed by atoms with E-state index in [1.807, 2.05) is 6.26 Å². The summed E-state index contributed by atoms with van der Waals surface area (Å²) in [5.74, 6) is -0.987. The summed E-state index contributed by atoms with van der Waals surface area (Å²) in [5, 5.41) is 3.22. The van der Waals surface area contributed by atoms with Crippen LogP contribution in [-0.2, 0) is 16.1 Å². The topological polar surface area (TPSA) is 85.4 Å². The second kappa shape index (κ2) is 8.60. The largest absolute Gasteiger partial charge is 0.454 e. The minimum absolute atomic E-state index is 0.133. The normalized spacial score (nSPS) is 10.2. The van der Waals surface area contributed by atoms with Crippen LogP contribution in [0.5, 0.6) is 0 Å². The van der Waals surface area contributed by atoms with Crippen molar-refractivity contribution in [2.24, 2.45) is 0 Å². The van der Waals surface area contributed by atoms with Gasteiger partial charge in [-0.1, -0.05) is 0 Å². The van der Waals surface area contributed by atoms with E-state index >= 15 is 0 Å². The van der Waals surface area contributed by atoms with E-state index in [0.29, 0.717) is 22.0 Å². The van der Waals surface area contributed by atoms with Crippen molar-refractivity contribution in [2.45, 2.75) is 18.5 Å². The van der Waals surface area contributed by atoms with E-state index in [0.717, 1.165) is 4.88 Å². The van der Waals surface area contributed by atoms with Gasteiger partial charge in [-0.05, 0) is 30.5 Å². The Bertz CT molecular complexity index is 758. The van der Waals surface area contributed by atoms with Crippen LogP contribution in [0.15, 0.2) is 35.5 Å². The second-order valence-corrected chi connectivity index (χ2v) is 6.70. The number of nitrogens with zero attached hydrogens (tertiary/aromatic N) is 1. The Balaban J connectivity index is 1.93. The molecule has 0 aliphatic rings. The number of esters is 1. The first-order valence-electron chi connectivity index (χ1n) is 7.03. The Hall–Kier alpha value is -2.19. The number of hydrogen-bond donors (Lipinski definition) is 1. The zero-order chi connectivity index (χ0) is 17.5. The van der Waals surface area contributed by atoms with E-state index in [-0.39, 0.29) is 18.3 Å². The number of Topliss-reactive ketones (excluding diaryl/α,β-unsaturated/α-hetero) is 1. The zero-order valence-corrected chi connectivity index (χ0v) is 14.8. The van der Waals surface area contributed by atoms with Gasteiger partial charge < -0.3 is 10.1 Å². The summed E-state index contributed by atoms with van der Waals surface area (Å²) in [6.07, 6.45) is 3.41. The maximum Gasteiger partial charge on any atom is 0.341 e. The number of amides is 1. The third kappa shape index (κ3) is 4.90. The molecule has 0 radical (unpaired) electrons. The third-order valence-corrected chi connectivity index (χ3v) is 4.81. The lowest BCUT2D eigenvalue weighted by Gasteiger charge is -2.06. The predicted molar refractivity (Wildman–Crippen MR) is 92.5 cm³/mol. The van der Waals surface area contributed by atoms with Crippen molar-refractivity contribution in [3.05, 3.63) is 45.8 Å². The molecule has 1 amide bonds. The monoisotopic (exact) mass is 364 g/mol. The highest BCUT2D eigenvalue weighted by Gasteiger charge is 2.16. The SMILES string of the molecule is CSc1ncccc1C(=O)OCC(=O)c1ccc(CNC(C)=O)s1. The molecule has 0 saturated heterocycles. The molecule has 0 aliphatic heterocycles. The molecular weight excluding hydrogens is 348 g/mol. The molecule has 0 unspecified atom stereocenters. The summed E-state index contributed by atoms with van der Waals surface area (Å²) in [7, 11) is 0. The molecule has 0 saturated carbocycles. The smallest absolute Gasteiger partial charge is 0.341 e. The van der Waals surface area contributed by atoms with E-state index < -0.39 is 5.97 Å². The number of nitrogens with one attached hydrogen (secondary N) is 1. The van der Waals surface area contributed by atoms with Gasteiger partial charge in [-0.25, -0.2) is 9.78 Å². The van der Waals surface area contributed by atoms with Gasteiger partial charge in [0.15, 0.2) is 6.61 Å². The fourth-order valence-corrected chi connectivity index (χ4v) is 3.23. The summed E-state index contributed by atoms with van der Waals surface area (Å²) in [5.41, 5.74) is 0.343. The molecule has 0 aromatic carbocycles. The van der Waals surface area contributed by atoms with E-state index in [1.165, 1.54) is 30.0 Å². The van der Waals surface area contributed by atoms with Crippen LogP contribution in [0.3, 0.4) is 0 Å². The Morgan fingerprint density at radius 3 is 2.79 bits per heavy atom. The van der Waals surface area contributed by atoms with Gasteiger partial charge in [-0.2, -0.15) is 0 Å². The number of thiophene rings is 1. The number of aromatic nitrogens is 1. The van der Waals surface area contributed by atoms with Gasteiger partial charge in [0.25, 0.3) is 0 Å². The number of carbonyl (C=O) groups is 3. The van der Waals surface area contributed by atoms with Crippen molar-refractivity contribution >= 4 is 40.8 Å². The van der Waals surface area contributed by atoms with Crippen molar-refractivity contribution in [1.82, 2.24) is 10.3 Å². The molecule has 1 N–H and O–H groups in total. The van der Waals surface area contributed by atoms with Gasteiger partial charge >= 0.3 is 5.97 Å². The quantitative estimate of drug-likeness (QED) is 0.462. The molecule has 126 valence electrons. The molecule has 2 aromatic heterocycles. The molecule has 0 aliphatic carbocycles. The van der Waals surface area contributed by atoms with Crippen LogP contribution in [0.2, 0.25) is 0 Å². The van der Waals surface area contributed by atoms with E-state index in [2.05, 4.69) is 10.3 Å². The third-order valence-electron chi connectivity index (χ3n) is 2.97. The molecule has 0 spiro atoms. The molecule has 2 heterocycles.